The molecule has 0 radical (unpaired) electrons. The van der Waals surface area contributed by atoms with Crippen LogP contribution in [0, 0.1) is 6.92 Å². The third-order valence-electron chi connectivity index (χ3n) is 3.93. The molecule has 7 heteroatoms. The number of hydrogen-bond acceptors (Lipinski definition) is 5. The predicted octanol–water partition coefficient (Wildman–Crippen LogP) is 2.35. The van der Waals surface area contributed by atoms with Gasteiger partial charge in [0, 0.05) is 12.1 Å². The van der Waals surface area contributed by atoms with Crippen molar-refractivity contribution in [1.29, 1.82) is 0 Å². The molecule has 0 atom stereocenters. The molecule has 0 saturated heterocycles. The molecule has 138 valence electrons. The van der Waals surface area contributed by atoms with Crippen molar-refractivity contribution in [3.8, 4) is 0 Å². The highest BCUT2D eigenvalue weighted by Crippen LogP contribution is 2.09. The Kier molecular flexibility index (Phi) is 5.61. The van der Waals surface area contributed by atoms with Crippen LogP contribution in [-0.2, 0) is 20.7 Å². The normalized spacial score (nSPS) is 10.6. The highest BCUT2D eigenvalue weighted by atomic mass is 16.5. The number of benzene rings is 2. The van der Waals surface area contributed by atoms with Crippen molar-refractivity contribution in [2.45, 2.75) is 19.8 Å². The van der Waals surface area contributed by atoms with Crippen molar-refractivity contribution in [2.75, 3.05) is 11.9 Å². The first-order valence-corrected chi connectivity index (χ1v) is 8.51. The van der Waals surface area contributed by atoms with Crippen molar-refractivity contribution >= 4 is 28.5 Å². The van der Waals surface area contributed by atoms with Crippen LogP contribution in [0.1, 0.15) is 17.8 Å². The topological polar surface area (TPSA) is 101 Å². The van der Waals surface area contributed by atoms with Gasteiger partial charge < -0.3 is 15.0 Å². The molecule has 3 aromatic rings. The molecule has 0 spiro atoms. The Morgan fingerprint density at radius 3 is 2.63 bits per heavy atom. The molecule has 1 heterocycles. The Hall–Kier alpha value is -3.48. The first kappa shape index (κ1) is 18.3. The summed E-state index contributed by atoms with van der Waals surface area (Å²) in [5.74, 6) is -0.547. The van der Waals surface area contributed by atoms with E-state index >= 15 is 0 Å². The summed E-state index contributed by atoms with van der Waals surface area (Å²) in [6.45, 7) is 1.58. The summed E-state index contributed by atoms with van der Waals surface area (Å²) in [5, 5.41) is 3.15. The van der Waals surface area contributed by atoms with Crippen molar-refractivity contribution in [3.05, 3.63) is 70.3 Å². The second kappa shape index (κ2) is 8.27. The van der Waals surface area contributed by atoms with E-state index in [0.717, 1.165) is 5.56 Å². The quantitative estimate of drug-likeness (QED) is 0.653. The number of fused-ring (bicyclic) bond motifs is 1. The number of aromatic amines is 1. The maximum Gasteiger partial charge on any atom is 0.306 e. The van der Waals surface area contributed by atoms with E-state index in [2.05, 4.69) is 15.3 Å². The van der Waals surface area contributed by atoms with Gasteiger partial charge in [-0.15, -0.1) is 0 Å². The first-order valence-electron chi connectivity index (χ1n) is 8.51. The van der Waals surface area contributed by atoms with Crippen LogP contribution < -0.4 is 10.9 Å². The van der Waals surface area contributed by atoms with Gasteiger partial charge in [0.05, 0.1) is 17.3 Å². The number of para-hydroxylation sites is 1. The fourth-order valence-electron chi connectivity index (χ4n) is 2.53. The van der Waals surface area contributed by atoms with Gasteiger partial charge in [-0.05, 0) is 31.2 Å². The number of carbonyl (C=O) groups is 2. The molecule has 0 unspecified atom stereocenters. The van der Waals surface area contributed by atoms with Crippen LogP contribution in [0.2, 0.25) is 0 Å². The second-order valence-corrected chi connectivity index (χ2v) is 6.10. The predicted molar refractivity (Wildman–Crippen MR) is 101 cm³/mol. The maximum atomic E-state index is 12.0. The standard InChI is InChI=1S/C20H19N3O4/c1-13-6-8-14(9-7-13)21-18(24)12-27-19(25)11-10-17-22-16-5-3-2-4-15(16)20(26)23-17/h2-9H,10-12H2,1H3,(H,21,24)(H,22,23,26). The van der Waals surface area contributed by atoms with Crippen LogP contribution in [0.4, 0.5) is 5.69 Å². The molecule has 1 amide bonds. The third-order valence-corrected chi connectivity index (χ3v) is 3.93. The number of anilines is 1. The zero-order chi connectivity index (χ0) is 19.2. The molecule has 1 aromatic heterocycles. The number of hydrogen-bond donors (Lipinski definition) is 2. The minimum atomic E-state index is -0.537. The van der Waals surface area contributed by atoms with E-state index in [1.165, 1.54) is 0 Å². The summed E-state index contributed by atoms with van der Waals surface area (Å²) in [7, 11) is 0. The van der Waals surface area contributed by atoms with E-state index in [1.807, 2.05) is 19.1 Å². The maximum absolute atomic E-state index is 12.0. The number of aromatic nitrogens is 2. The lowest BCUT2D eigenvalue weighted by atomic mass is 10.2. The molecule has 0 saturated carbocycles. The highest BCUT2D eigenvalue weighted by Gasteiger charge is 2.10. The molecule has 2 N–H and O–H groups in total. The summed E-state index contributed by atoms with van der Waals surface area (Å²) in [5.41, 5.74) is 2.04. The number of ether oxygens (including phenoxy) is 1. The van der Waals surface area contributed by atoms with E-state index in [9.17, 15) is 14.4 Å². The van der Waals surface area contributed by atoms with Gasteiger partial charge in [-0.3, -0.25) is 14.4 Å². The van der Waals surface area contributed by atoms with E-state index in [-0.39, 0.29) is 25.0 Å². The molecule has 0 aliphatic carbocycles. The van der Waals surface area contributed by atoms with Crippen LogP contribution in [0.3, 0.4) is 0 Å². The van der Waals surface area contributed by atoms with Crippen molar-refractivity contribution in [3.63, 3.8) is 0 Å². The monoisotopic (exact) mass is 365 g/mol. The average molecular weight is 365 g/mol. The molecule has 2 aromatic carbocycles. The fourth-order valence-corrected chi connectivity index (χ4v) is 2.53. The van der Waals surface area contributed by atoms with Gasteiger partial charge in [0.15, 0.2) is 6.61 Å². The van der Waals surface area contributed by atoms with Gasteiger partial charge in [0.25, 0.3) is 11.5 Å². The first-order chi connectivity index (χ1) is 13.0. The van der Waals surface area contributed by atoms with Gasteiger partial charge in [-0.1, -0.05) is 29.8 Å². The number of aryl methyl sites for hydroxylation is 2. The SMILES string of the molecule is Cc1ccc(NC(=O)COC(=O)CCc2nc3ccccc3c(=O)[nH]2)cc1. The lowest BCUT2D eigenvalue weighted by Gasteiger charge is -2.07. The Morgan fingerprint density at radius 2 is 1.85 bits per heavy atom. The van der Waals surface area contributed by atoms with E-state index in [4.69, 9.17) is 4.74 Å². The Labute approximate surface area is 155 Å². The smallest absolute Gasteiger partial charge is 0.306 e. The number of amides is 1. The minimum absolute atomic E-state index is 0.0130. The number of esters is 1. The Balaban J connectivity index is 1.49. The van der Waals surface area contributed by atoms with Gasteiger partial charge >= 0.3 is 5.97 Å². The van der Waals surface area contributed by atoms with Crippen LogP contribution >= 0.6 is 0 Å². The van der Waals surface area contributed by atoms with Crippen LogP contribution in [-0.4, -0.2) is 28.5 Å². The van der Waals surface area contributed by atoms with Crippen molar-refractivity contribution in [2.24, 2.45) is 0 Å². The van der Waals surface area contributed by atoms with Crippen LogP contribution in [0.15, 0.2) is 53.3 Å². The highest BCUT2D eigenvalue weighted by molar-refractivity contribution is 5.92. The summed E-state index contributed by atoms with van der Waals surface area (Å²) in [6, 6.07) is 14.3. The molecule has 27 heavy (non-hydrogen) atoms. The zero-order valence-corrected chi connectivity index (χ0v) is 14.8. The largest absolute Gasteiger partial charge is 0.456 e. The van der Waals surface area contributed by atoms with Crippen molar-refractivity contribution < 1.29 is 14.3 Å². The van der Waals surface area contributed by atoms with Crippen LogP contribution in [0.5, 0.6) is 0 Å². The molecule has 3 rings (SSSR count). The minimum Gasteiger partial charge on any atom is -0.456 e. The lowest BCUT2D eigenvalue weighted by Crippen LogP contribution is -2.21. The number of carbonyl (C=O) groups excluding carboxylic acids is 2. The molecule has 0 aliphatic rings. The Morgan fingerprint density at radius 1 is 1.11 bits per heavy atom. The zero-order valence-electron chi connectivity index (χ0n) is 14.8. The van der Waals surface area contributed by atoms with E-state index in [0.29, 0.717) is 22.4 Å². The van der Waals surface area contributed by atoms with Gasteiger partial charge in [0.2, 0.25) is 0 Å². The number of rotatable bonds is 6. The van der Waals surface area contributed by atoms with E-state index < -0.39 is 11.9 Å². The summed E-state index contributed by atoms with van der Waals surface area (Å²) in [4.78, 5) is 42.6. The number of H-pyrrole nitrogens is 1. The van der Waals surface area contributed by atoms with Gasteiger partial charge in [0.1, 0.15) is 5.82 Å². The molecule has 7 nitrogen and oxygen atoms in total. The lowest BCUT2D eigenvalue weighted by molar-refractivity contribution is -0.147. The van der Waals surface area contributed by atoms with Gasteiger partial charge in [-0.25, -0.2) is 4.98 Å². The number of nitrogens with zero attached hydrogens (tertiary/aromatic N) is 1. The average Bonchev–Trinajstić information content (AvgIpc) is 2.66. The molecular weight excluding hydrogens is 346 g/mol. The van der Waals surface area contributed by atoms with Crippen molar-refractivity contribution in [1.82, 2.24) is 9.97 Å². The molecule has 0 aliphatic heterocycles. The Bertz CT molecular complexity index is 1030. The third kappa shape index (κ3) is 5.01. The van der Waals surface area contributed by atoms with Crippen LogP contribution in [0.25, 0.3) is 10.9 Å². The summed E-state index contributed by atoms with van der Waals surface area (Å²) >= 11 is 0. The number of nitrogens with one attached hydrogen (secondary N) is 2. The molecule has 0 fully saturated rings. The second-order valence-electron chi connectivity index (χ2n) is 6.10. The van der Waals surface area contributed by atoms with E-state index in [1.54, 1.807) is 36.4 Å². The van der Waals surface area contributed by atoms with Gasteiger partial charge in [-0.2, -0.15) is 0 Å². The summed E-state index contributed by atoms with van der Waals surface area (Å²) in [6.07, 6.45) is 0.234. The molecule has 0 bridgehead atoms. The molecular formula is C20H19N3O4. The summed E-state index contributed by atoms with van der Waals surface area (Å²) < 4.78 is 4.97. The fraction of sp³-hybridized carbons (Fsp3) is 0.200.